The van der Waals surface area contributed by atoms with Crippen LogP contribution in [-0.4, -0.2) is 20.3 Å². The minimum absolute atomic E-state index is 0.0607. The molecule has 1 amide bonds. The number of anilines is 1. The molecule has 5 heteroatoms. The predicted octanol–water partition coefficient (Wildman–Crippen LogP) is 5.11. The average molecular weight is 377 g/mol. The standard InChI is InChI=1S/C23H28N4O/c1-17-13-22(18(2)27(17)21-11-7-4-8-12-21)23(28)25-20-14-24-26(16-20)15-19-9-5-3-6-10-19/h3,5-6,9-10,13-14,16,21H,4,7-8,11-12,15H2,1-2H3,(H,25,28). The fourth-order valence-electron chi connectivity index (χ4n) is 4.39. The SMILES string of the molecule is Cc1cc(C(=O)Nc2cnn(Cc3ccccc3)c2)c(C)n1C1CCCCC1. The first-order valence-electron chi connectivity index (χ1n) is 10.2. The van der Waals surface area contributed by atoms with Crippen molar-refractivity contribution < 1.29 is 4.79 Å². The maximum absolute atomic E-state index is 12.9. The van der Waals surface area contributed by atoms with Crippen LogP contribution >= 0.6 is 0 Å². The van der Waals surface area contributed by atoms with E-state index >= 15 is 0 Å². The fourth-order valence-corrected chi connectivity index (χ4v) is 4.39. The van der Waals surface area contributed by atoms with E-state index in [-0.39, 0.29) is 5.91 Å². The van der Waals surface area contributed by atoms with Crippen LogP contribution in [0.15, 0.2) is 48.8 Å². The lowest BCUT2D eigenvalue weighted by Gasteiger charge is -2.26. The van der Waals surface area contributed by atoms with Crippen molar-refractivity contribution >= 4 is 11.6 Å². The molecule has 1 aromatic carbocycles. The molecule has 0 atom stereocenters. The second-order valence-corrected chi connectivity index (χ2v) is 7.81. The van der Waals surface area contributed by atoms with Gasteiger partial charge in [-0.1, -0.05) is 49.6 Å². The van der Waals surface area contributed by atoms with Gasteiger partial charge < -0.3 is 9.88 Å². The number of nitrogens with zero attached hydrogens (tertiary/aromatic N) is 3. The highest BCUT2D eigenvalue weighted by Crippen LogP contribution is 2.32. The van der Waals surface area contributed by atoms with Crippen LogP contribution in [-0.2, 0) is 6.54 Å². The van der Waals surface area contributed by atoms with Crippen molar-refractivity contribution in [3.05, 3.63) is 71.3 Å². The molecule has 3 aromatic rings. The normalized spacial score (nSPS) is 14.9. The number of hydrogen-bond donors (Lipinski definition) is 1. The van der Waals surface area contributed by atoms with E-state index in [2.05, 4.69) is 41.0 Å². The zero-order valence-electron chi connectivity index (χ0n) is 16.7. The molecule has 5 nitrogen and oxygen atoms in total. The van der Waals surface area contributed by atoms with Gasteiger partial charge in [-0.25, -0.2) is 0 Å². The third-order valence-electron chi connectivity index (χ3n) is 5.75. The Morgan fingerprint density at radius 2 is 1.89 bits per heavy atom. The number of benzene rings is 1. The topological polar surface area (TPSA) is 51.9 Å². The largest absolute Gasteiger partial charge is 0.345 e. The number of aryl methyl sites for hydroxylation is 1. The highest BCUT2D eigenvalue weighted by atomic mass is 16.1. The van der Waals surface area contributed by atoms with Gasteiger partial charge in [-0.3, -0.25) is 9.48 Å². The summed E-state index contributed by atoms with van der Waals surface area (Å²) < 4.78 is 4.21. The van der Waals surface area contributed by atoms with Gasteiger partial charge >= 0.3 is 0 Å². The molecular formula is C23H28N4O. The summed E-state index contributed by atoms with van der Waals surface area (Å²) in [6, 6.07) is 12.7. The summed E-state index contributed by atoms with van der Waals surface area (Å²) in [4.78, 5) is 12.9. The van der Waals surface area contributed by atoms with Gasteiger partial charge in [0.15, 0.2) is 0 Å². The van der Waals surface area contributed by atoms with E-state index in [0.29, 0.717) is 12.6 Å². The molecule has 146 valence electrons. The third-order valence-corrected chi connectivity index (χ3v) is 5.75. The molecule has 1 saturated carbocycles. The van der Waals surface area contributed by atoms with Gasteiger partial charge in [-0.2, -0.15) is 5.10 Å². The van der Waals surface area contributed by atoms with E-state index in [4.69, 9.17) is 0 Å². The van der Waals surface area contributed by atoms with Crippen LogP contribution in [0, 0.1) is 13.8 Å². The number of carbonyl (C=O) groups excluding carboxylic acids is 1. The molecule has 1 aliphatic carbocycles. The maximum atomic E-state index is 12.9. The molecule has 0 aliphatic heterocycles. The van der Waals surface area contributed by atoms with Crippen molar-refractivity contribution in [2.24, 2.45) is 0 Å². The van der Waals surface area contributed by atoms with Crippen LogP contribution in [0.4, 0.5) is 5.69 Å². The summed E-state index contributed by atoms with van der Waals surface area (Å²) in [6.45, 7) is 4.86. The Hall–Kier alpha value is -2.82. The van der Waals surface area contributed by atoms with Crippen molar-refractivity contribution in [2.75, 3.05) is 5.32 Å². The van der Waals surface area contributed by atoms with Crippen LogP contribution < -0.4 is 5.32 Å². The van der Waals surface area contributed by atoms with E-state index in [1.807, 2.05) is 35.1 Å². The van der Waals surface area contributed by atoms with E-state index in [1.54, 1.807) is 6.20 Å². The second-order valence-electron chi connectivity index (χ2n) is 7.81. The first-order chi connectivity index (χ1) is 13.6. The minimum Gasteiger partial charge on any atom is -0.345 e. The lowest BCUT2D eigenvalue weighted by atomic mass is 9.95. The van der Waals surface area contributed by atoms with Gasteiger partial charge in [0.25, 0.3) is 5.91 Å². The summed E-state index contributed by atoms with van der Waals surface area (Å²) in [5.41, 5.74) is 4.91. The second kappa shape index (κ2) is 8.05. The van der Waals surface area contributed by atoms with Crippen LogP contribution in [0.25, 0.3) is 0 Å². The Morgan fingerprint density at radius 3 is 2.64 bits per heavy atom. The number of rotatable bonds is 5. The monoisotopic (exact) mass is 376 g/mol. The van der Waals surface area contributed by atoms with E-state index in [0.717, 1.165) is 16.9 Å². The van der Waals surface area contributed by atoms with Crippen LogP contribution in [0.2, 0.25) is 0 Å². The maximum Gasteiger partial charge on any atom is 0.257 e. The Bertz CT molecular complexity index is 948. The predicted molar refractivity (Wildman–Crippen MR) is 112 cm³/mol. The average Bonchev–Trinajstić information content (AvgIpc) is 3.26. The molecule has 2 aromatic heterocycles. The quantitative estimate of drug-likeness (QED) is 0.673. The molecular weight excluding hydrogens is 348 g/mol. The number of nitrogens with one attached hydrogen (secondary N) is 1. The minimum atomic E-state index is -0.0607. The van der Waals surface area contributed by atoms with Crippen LogP contribution in [0.1, 0.15) is 65.5 Å². The van der Waals surface area contributed by atoms with Gasteiger partial charge in [0, 0.05) is 23.6 Å². The van der Waals surface area contributed by atoms with Crippen LogP contribution in [0.3, 0.4) is 0 Å². The molecule has 1 N–H and O–H groups in total. The van der Waals surface area contributed by atoms with Crippen molar-refractivity contribution in [3.8, 4) is 0 Å². The van der Waals surface area contributed by atoms with Gasteiger partial charge in [-0.15, -0.1) is 0 Å². The lowest BCUT2D eigenvalue weighted by Crippen LogP contribution is -2.17. The molecule has 2 heterocycles. The molecule has 1 fully saturated rings. The lowest BCUT2D eigenvalue weighted by molar-refractivity contribution is 0.102. The number of hydrogen-bond acceptors (Lipinski definition) is 2. The zero-order chi connectivity index (χ0) is 19.5. The zero-order valence-corrected chi connectivity index (χ0v) is 16.7. The summed E-state index contributed by atoms with van der Waals surface area (Å²) in [6.07, 6.45) is 9.91. The Labute approximate surface area is 166 Å². The van der Waals surface area contributed by atoms with E-state index in [9.17, 15) is 4.79 Å². The summed E-state index contributed by atoms with van der Waals surface area (Å²) in [5.74, 6) is -0.0607. The van der Waals surface area contributed by atoms with Gasteiger partial charge in [-0.05, 0) is 38.3 Å². The van der Waals surface area contributed by atoms with Crippen molar-refractivity contribution in [1.82, 2.24) is 14.3 Å². The van der Waals surface area contributed by atoms with Crippen molar-refractivity contribution in [3.63, 3.8) is 0 Å². The molecule has 0 radical (unpaired) electrons. The Morgan fingerprint density at radius 1 is 1.14 bits per heavy atom. The smallest absolute Gasteiger partial charge is 0.257 e. The molecule has 0 unspecified atom stereocenters. The first-order valence-corrected chi connectivity index (χ1v) is 10.2. The van der Waals surface area contributed by atoms with Gasteiger partial charge in [0.2, 0.25) is 0 Å². The molecule has 0 spiro atoms. The molecule has 4 rings (SSSR count). The van der Waals surface area contributed by atoms with Crippen molar-refractivity contribution in [2.45, 2.75) is 58.5 Å². The summed E-state index contributed by atoms with van der Waals surface area (Å²) in [7, 11) is 0. The van der Waals surface area contributed by atoms with Gasteiger partial charge in [0.1, 0.15) is 0 Å². The molecule has 1 aliphatic rings. The molecule has 0 bridgehead atoms. The highest BCUT2D eigenvalue weighted by Gasteiger charge is 2.22. The van der Waals surface area contributed by atoms with E-state index in [1.165, 1.54) is 43.4 Å². The fraction of sp³-hybridized carbons (Fsp3) is 0.391. The Balaban J connectivity index is 1.47. The Kier molecular flexibility index (Phi) is 5.33. The molecule has 0 saturated heterocycles. The summed E-state index contributed by atoms with van der Waals surface area (Å²) >= 11 is 0. The number of aromatic nitrogens is 3. The summed E-state index contributed by atoms with van der Waals surface area (Å²) in [5, 5.41) is 7.39. The van der Waals surface area contributed by atoms with Crippen LogP contribution in [0.5, 0.6) is 0 Å². The first kappa shape index (κ1) is 18.5. The van der Waals surface area contributed by atoms with Crippen molar-refractivity contribution in [1.29, 1.82) is 0 Å². The number of amides is 1. The number of carbonyl (C=O) groups is 1. The molecule has 28 heavy (non-hydrogen) atoms. The highest BCUT2D eigenvalue weighted by molar-refractivity contribution is 6.05. The van der Waals surface area contributed by atoms with Gasteiger partial charge in [0.05, 0.1) is 24.0 Å². The third kappa shape index (κ3) is 3.88. The van der Waals surface area contributed by atoms with E-state index < -0.39 is 0 Å².